The fourth-order valence-corrected chi connectivity index (χ4v) is 1.70. The topological polar surface area (TPSA) is 59.8 Å². The normalized spacial score (nSPS) is 13.0. The molecule has 106 valence electrons. The maximum atomic E-state index is 13.9. The lowest BCUT2D eigenvalue weighted by Crippen LogP contribution is -2.39. The Bertz CT molecular complexity index is 597. The highest BCUT2D eigenvalue weighted by molar-refractivity contribution is 5.84. The molecule has 0 aliphatic heterocycles. The number of amides is 1. The summed E-state index contributed by atoms with van der Waals surface area (Å²) >= 11 is 0. The minimum Gasteiger partial charge on any atom is -0.344 e. The van der Waals surface area contributed by atoms with E-state index in [9.17, 15) is 13.6 Å². The van der Waals surface area contributed by atoms with Crippen LogP contribution < -0.4 is 5.32 Å². The van der Waals surface area contributed by atoms with E-state index in [4.69, 9.17) is 0 Å². The van der Waals surface area contributed by atoms with E-state index in [-0.39, 0.29) is 0 Å². The Morgan fingerprint density at radius 3 is 2.75 bits per heavy atom. The van der Waals surface area contributed by atoms with Gasteiger partial charge in [0.25, 0.3) is 5.91 Å². The summed E-state index contributed by atoms with van der Waals surface area (Å²) in [5.41, 5.74) is 0.0774. The maximum absolute atomic E-state index is 13.9. The van der Waals surface area contributed by atoms with Crippen LogP contribution in [0.25, 0.3) is 0 Å². The van der Waals surface area contributed by atoms with E-state index in [0.29, 0.717) is 5.56 Å². The van der Waals surface area contributed by atoms with E-state index in [1.54, 1.807) is 20.2 Å². The van der Waals surface area contributed by atoms with Crippen molar-refractivity contribution in [2.45, 2.75) is 18.9 Å². The molecule has 1 N–H and O–H groups in total. The highest BCUT2D eigenvalue weighted by atomic mass is 19.3. The third-order valence-corrected chi connectivity index (χ3v) is 2.84. The van der Waals surface area contributed by atoms with Gasteiger partial charge in [0.2, 0.25) is 0 Å². The van der Waals surface area contributed by atoms with Crippen LogP contribution in [0.1, 0.15) is 24.2 Å². The average molecular weight is 280 g/mol. The number of pyridine rings is 1. The van der Waals surface area contributed by atoms with Crippen LogP contribution in [0, 0.1) is 0 Å². The molecule has 2 aromatic rings. The van der Waals surface area contributed by atoms with Crippen LogP contribution in [0.4, 0.5) is 8.78 Å². The second-order valence-electron chi connectivity index (χ2n) is 4.43. The van der Waals surface area contributed by atoms with E-state index in [0.717, 1.165) is 6.07 Å². The summed E-state index contributed by atoms with van der Waals surface area (Å²) < 4.78 is 29.4. The van der Waals surface area contributed by atoms with Crippen LogP contribution >= 0.6 is 0 Å². The van der Waals surface area contributed by atoms with Crippen LogP contribution in [-0.2, 0) is 17.8 Å². The number of carbonyl (C=O) groups is 1. The van der Waals surface area contributed by atoms with Crippen LogP contribution in [0.5, 0.6) is 0 Å². The zero-order chi connectivity index (χ0) is 14.8. The van der Waals surface area contributed by atoms with Gasteiger partial charge in [-0.25, -0.2) is 0 Å². The molecule has 0 fully saturated rings. The molecular formula is C13H14F2N4O. The lowest BCUT2D eigenvalue weighted by atomic mass is 10.1. The molecule has 1 unspecified atom stereocenters. The minimum absolute atomic E-state index is 0.564. The summed E-state index contributed by atoms with van der Waals surface area (Å²) in [6, 6.07) is 3.48. The Labute approximate surface area is 114 Å². The molecule has 0 radical (unpaired) electrons. The first-order chi connectivity index (χ1) is 9.41. The monoisotopic (exact) mass is 280 g/mol. The molecule has 0 aliphatic rings. The molecule has 2 rings (SSSR count). The number of hydrogen-bond donors (Lipinski definition) is 1. The van der Waals surface area contributed by atoms with Crippen molar-refractivity contribution in [2.75, 3.05) is 0 Å². The van der Waals surface area contributed by atoms with E-state index >= 15 is 0 Å². The van der Waals surface area contributed by atoms with Crippen LogP contribution in [-0.4, -0.2) is 20.7 Å². The molecule has 2 aromatic heterocycles. The van der Waals surface area contributed by atoms with Crippen molar-refractivity contribution in [3.63, 3.8) is 0 Å². The van der Waals surface area contributed by atoms with Gasteiger partial charge in [-0.15, -0.1) is 0 Å². The van der Waals surface area contributed by atoms with Gasteiger partial charge in [-0.05, 0) is 19.1 Å². The summed E-state index contributed by atoms with van der Waals surface area (Å²) in [6.07, 6.45) is 4.40. The lowest BCUT2D eigenvalue weighted by molar-refractivity contribution is -0.148. The highest BCUT2D eigenvalue weighted by Crippen LogP contribution is 2.27. The molecule has 0 spiro atoms. The molecule has 0 bridgehead atoms. The number of aromatic nitrogens is 3. The molecule has 0 aliphatic carbocycles. The predicted octanol–water partition coefficient (Wildman–Crippen LogP) is 1.78. The summed E-state index contributed by atoms with van der Waals surface area (Å²) in [6.45, 7) is 1.61. The van der Waals surface area contributed by atoms with Crippen molar-refractivity contribution in [1.29, 1.82) is 0 Å². The lowest BCUT2D eigenvalue weighted by Gasteiger charge is -2.18. The largest absolute Gasteiger partial charge is 0.366 e. The van der Waals surface area contributed by atoms with E-state index in [1.165, 1.54) is 29.2 Å². The van der Waals surface area contributed by atoms with Gasteiger partial charge in [0, 0.05) is 25.0 Å². The second-order valence-corrected chi connectivity index (χ2v) is 4.43. The number of halogens is 2. The van der Waals surface area contributed by atoms with E-state index < -0.39 is 23.6 Å². The van der Waals surface area contributed by atoms with Crippen molar-refractivity contribution in [2.24, 2.45) is 7.05 Å². The van der Waals surface area contributed by atoms with E-state index in [2.05, 4.69) is 15.4 Å². The van der Waals surface area contributed by atoms with Crippen molar-refractivity contribution < 1.29 is 13.6 Å². The Balaban J connectivity index is 2.11. The van der Waals surface area contributed by atoms with Crippen LogP contribution in [0.15, 0.2) is 36.8 Å². The van der Waals surface area contributed by atoms with Crippen molar-refractivity contribution in [1.82, 2.24) is 20.1 Å². The molecule has 1 atom stereocenters. The van der Waals surface area contributed by atoms with Crippen molar-refractivity contribution in [3.8, 4) is 0 Å². The zero-order valence-electron chi connectivity index (χ0n) is 11.0. The van der Waals surface area contributed by atoms with E-state index in [1.807, 2.05) is 0 Å². The Kier molecular flexibility index (Phi) is 3.78. The quantitative estimate of drug-likeness (QED) is 0.928. The fourth-order valence-electron chi connectivity index (χ4n) is 1.70. The molecule has 0 saturated carbocycles. The number of rotatable bonds is 4. The smallest absolute Gasteiger partial charge is 0.344 e. The molecule has 1 amide bonds. The minimum atomic E-state index is -3.67. The first kappa shape index (κ1) is 14.1. The van der Waals surface area contributed by atoms with Gasteiger partial charge in [0.05, 0.1) is 12.2 Å². The molecule has 7 heteroatoms. The van der Waals surface area contributed by atoms with Gasteiger partial charge < -0.3 is 5.32 Å². The summed E-state index contributed by atoms with van der Waals surface area (Å²) in [5.74, 6) is -5.05. The zero-order valence-corrected chi connectivity index (χ0v) is 11.0. The van der Waals surface area contributed by atoms with Gasteiger partial charge in [-0.3, -0.25) is 14.5 Å². The summed E-state index contributed by atoms with van der Waals surface area (Å²) in [4.78, 5) is 15.3. The Hall–Kier alpha value is -2.31. The average Bonchev–Trinajstić information content (AvgIpc) is 2.86. The van der Waals surface area contributed by atoms with Crippen molar-refractivity contribution >= 4 is 5.91 Å². The van der Waals surface area contributed by atoms with Gasteiger partial charge >= 0.3 is 5.92 Å². The summed E-state index contributed by atoms with van der Waals surface area (Å²) in [7, 11) is 1.71. The Morgan fingerprint density at radius 2 is 2.20 bits per heavy atom. The number of nitrogens with zero attached hydrogens (tertiary/aromatic N) is 3. The molecule has 2 heterocycles. The summed E-state index contributed by atoms with van der Waals surface area (Å²) in [5, 5.41) is 6.20. The van der Waals surface area contributed by atoms with Gasteiger partial charge in [-0.1, -0.05) is 6.07 Å². The van der Waals surface area contributed by atoms with Gasteiger partial charge in [0.1, 0.15) is 5.69 Å². The number of nitrogens with one attached hydrogen (secondary N) is 1. The maximum Gasteiger partial charge on any atom is 0.366 e. The fraction of sp³-hybridized carbons (Fsp3) is 0.308. The molecule has 0 saturated heterocycles. The van der Waals surface area contributed by atoms with Gasteiger partial charge in [-0.2, -0.15) is 13.9 Å². The molecular weight excluding hydrogens is 266 g/mol. The van der Waals surface area contributed by atoms with Crippen molar-refractivity contribution in [3.05, 3.63) is 48.0 Å². The first-order valence-corrected chi connectivity index (χ1v) is 6.00. The second kappa shape index (κ2) is 5.36. The highest BCUT2D eigenvalue weighted by Gasteiger charge is 2.42. The SMILES string of the molecule is CC(NC(=O)C(F)(F)c1ccccn1)c1cnn(C)c1. The van der Waals surface area contributed by atoms with Crippen LogP contribution in [0.3, 0.4) is 0 Å². The van der Waals surface area contributed by atoms with Crippen LogP contribution in [0.2, 0.25) is 0 Å². The third kappa shape index (κ3) is 2.81. The molecule has 20 heavy (non-hydrogen) atoms. The number of carbonyl (C=O) groups excluding carboxylic acids is 1. The van der Waals surface area contributed by atoms with Gasteiger partial charge in [0.15, 0.2) is 0 Å². The molecule has 0 aromatic carbocycles. The number of hydrogen-bond acceptors (Lipinski definition) is 3. The standard InChI is InChI=1S/C13H14F2N4O/c1-9(10-7-17-19(2)8-10)18-12(20)13(14,15)11-5-3-4-6-16-11/h3-9H,1-2H3,(H,18,20). The number of alkyl halides is 2. The molecule has 5 nitrogen and oxygen atoms in total. The number of aryl methyl sites for hydroxylation is 1. The first-order valence-electron chi connectivity index (χ1n) is 6.00. The Morgan fingerprint density at radius 1 is 1.45 bits per heavy atom. The third-order valence-electron chi connectivity index (χ3n) is 2.84. The predicted molar refractivity (Wildman–Crippen MR) is 67.9 cm³/mol.